The molecule has 0 saturated carbocycles. The number of benzene rings is 1. The third-order valence-corrected chi connectivity index (χ3v) is 6.04. The van der Waals surface area contributed by atoms with Crippen molar-refractivity contribution in [3.8, 4) is 5.75 Å². The van der Waals surface area contributed by atoms with Crippen LogP contribution in [0.4, 0.5) is 0 Å². The number of nitrogens with one attached hydrogen (secondary N) is 2. The van der Waals surface area contributed by atoms with Crippen LogP contribution in [-0.2, 0) is 14.9 Å². The number of rotatable bonds is 10. The second-order valence-electron chi connectivity index (χ2n) is 8.48. The fourth-order valence-electron chi connectivity index (χ4n) is 4.17. The van der Waals surface area contributed by atoms with Gasteiger partial charge in [-0.1, -0.05) is 31.5 Å². The second kappa shape index (κ2) is 12.2. The molecule has 1 aromatic carbocycles. The van der Waals surface area contributed by atoms with Crippen LogP contribution in [0.15, 0.2) is 23.2 Å². The number of ether oxygens (including phenoxy) is 3. The predicted molar refractivity (Wildman–Crippen MR) is 124 cm³/mol. The van der Waals surface area contributed by atoms with Crippen LogP contribution in [0, 0.1) is 12.8 Å². The molecule has 1 fully saturated rings. The largest absolute Gasteiger partial charge is 0.496 e. The van der Waals surface area contributed by atoms with Gasteiger partial charge in [0.1, 0.15) is 5.75 Å². The van der Waals surface area contributed by atoms with Crippen molar-refractivity contribution in [3.05, 3.63) is 29.3 Å². The summed E-state index contributed by atoms with van der Waals surface area (Å²) >= 11 is 0. The van der Waals surface area contributed by atoms with E-state index < -0.39 is 0 Å². The Morgan fingerprint density at radius 3 is 2.57 bits per heavy atom. The summed E-state index contributed by atoms with van der Waals surface area (Å²) in [5.41, 5.74) is 2.46. The number of guanidine groups is 1. The average Bonchev–Trinajstić information content (AvgIpc) is 2.75. The first-order valence-corrected chi connectivity index (χ1v) is 11.2. The number of nitrogens with zero attached hydrogens (tertiary/aromatic N) is 1. The number of hydrogen-bond acceptors (Lipinski definition) is 4. The molecule has 1 atom stereocenters. The van der Waals surface area contributed by atoms with Crippen LogP contribution in [0.1, 0.15) is 51.2 Å². The maximum atomic E-state index is 5.86. The molecule has 0 aromatic heterocycles. The van der Waals surface area contributed by atoms with E-state index >= 15 is 0 Å². The van der Waals surface area contributed by atoms with E-state index in [1.807, 2.05) is 7.05 Å². The molecule has 1 aromatic rings. The van der Waals surface area contributed by atoms with E-state index in [9.17, 15) is 0 Å². The van der Waals surface area contributed by atoms with Gasteiger partial charge in [-0.2, -0.15) is 0 Å². The van der Waals surface area contributed by atoms with E-state index in [4.69, 9.17) is 14.2 Å². The van der Waals surface area contributed by atoms with Gasteiger partial charge in [0.15, 0.2) is 5.96 Å². The Morgan fingerprint density at radius 1 is 1.23 bits per heavy atom. The van der Waals surface area contributed by atoms with Gasteiger partial charge in [-0.05, 0) is 45.1 Å². The van der Waals surface area contributed by atoms with Gasteiger partial charge in [0, 0.05) is 50.9 Å². The highest BCUT2D eigenvalue weighted by Crippen LogP contribution is 2.40. The molecule has 0 radical (unpaired) electrons. The third-order valence-electron chi connectivity index (χ3n) is 6.04. The summed E-state index contributed by atoms with van der Waals surface area (Å²) in [6, 6.07) is 6.44. The number of aliphatic imine (C=N–C) groups is 1. The molecule has 0 amide bonds. The molecule has 30 heavy (non-hydrogen) atoms. The number of aryl methyl sites for hydroxylation is 1. The van der Waals surface area contributed by atoms with Gasteiger partial charge >= 0.3 is 0 Å². The molecule has 1 aliphatic heterocycles. The summed E-state index contributed by atoms with van der Waals surface area (Å²) < 4.78 is 17.3. The van der Waals surface area contributed by atoms with Crippen molar-refractivity contribution >= 4 is 5.96 Å². The molecule has 1 saturated heterocycles. The topological polar surface area (TPSA) is 64.1 Å². The molecule has 1 unspecified atom stereocenters. The maximum absolute atomic E-state index is 5.86. The summed E-state index contributed by atoms with van der Waals surface area (Å²) in [6.07, 6.45) is 3.13. The fourth-order valence-corrected chi connectivity index (χ4v) is 4.17. The Labute approximate surface area is 182 Å². The van der Waals surface area contributed by atoms with Gasteiger partial charge in [0.05, 0.1) is 13.2 Å². The van der Waals surface area contributed by atoms with Gasteiger partial charge in [-0.25, -0.2) is 0 Å². The Bertz CT molecular complexity index is 670. The van der Waals surface area contributed by atoms with Crippen molar-refractivity contribution in [1.29, 1.82) is 0 Å². The molecule has 0 bridgehead atoms. The summed E-state index contributed by atoms with van der Waals surface area (Å²) in [5.74, 6) is 2.27. The highest BCUT2D eigenvalue weighted by molar-refractivity contribution is 5.79. The van der Waals surface area contributed by atoms with E-state index in [0.29, 0.717) is 5.92 Å². The molecule has 6 nitrogen and oxygen atoms in total. The zero-order chi connectivity index (χ0) is 22.0. The van der Waals surface area contributed by atoms with E-state index in [2.05, 4.69) is 61.5 Å². The minimum atomic E-state index is -0.0426. The molecule has 1 aliphatic rings. The first-order chi connectivity index (χ1) is 14.5. The van der Waals surface area contributed by atoms with Crippen LogP contribution >= 0.6 is 0 Å². The van der Waals surface area contributed by atoms with E-state index in [0.717, 1.165) is 63.9 Å². The van der Waals surface area contributed by atoms with Crippen LogP contribution < -0.4 is 15.4 Å². The molecule has 1 heterocycles. The standard InChI is InChI=1S/C24H41N3O3/c1-7-30-21(18(2)3)10-13-26-23(25-5)27-17-24(11-14-29-15-12-24)20-16-19(4)8-9-22(20)28-6/h8-9,16,18,21H,7,10-15,17H2,1-6H3,(H2,25,26,27). The van der Waals surface area contributed by atoms with Gasteiger partial charge in [-0.3, -0.25) is 4.99 Å². The molecule has 2 N–H and O–H groups in total. The predicted octanol–water partition coefficient (Wildman–Crippen LogP) is 3.67. The number of hydrogen-bond donors (Lipinski definition) is 2. The van der Waals surface area contributed by atoms with Gasteiger partial charge in [0.25, 0.3) is 0 Å². The average molecular weight is 420 g/mol. The third kappa shape index (κ3) is 6.61. The molecule has 2 rings (SSSR count). The molecule has 6 heteroatoms. The van der Waals surface area contributed by atoms with Crippen LogP contribution in [0.25, 0.3) is 0 Å². The molecular formula is C24H41N3O3. The fraction of sp³-hybridized carbons (Fsp3) is 0.708. The Morgan fingerprint density at radius 2 is 1.97 bits per heavy atom. The molecule has 0 aliphatic carbocycles. The van der Waals surface area contributed by atoms with Crippen LogP contribution in [0.3, 0.4) is 0 Å². The lowest BCUT2D eigenvalue weighted by molar-refractivity contribution is 0.0258. The summed E-state index contributed by atoms with van der Waals surface area (Å²) in [6.45, 7) is 12.5. The highest BCUT2D eigenvalue weighted by Gasteiger charge is 2.37. The van der Waals surface area contributed by atoms with Gasteiger partial charge < -0.3 is 24.8 Å². The molecular weight excluding hydrogens is 378 g/mol. The van der Waals surface area contributed by atoms with E-state index in [1.165, 1.54) is 11.1 Å². The SMILES string of the molecule is CCOC(CCNC(=NC)NCC1(c2cc(C)ccc2OC)CCOCC1)C(C)C. The van der Waals surface area contributed by atoms with Gasteiger partial charge in [0.2, 0.25) is 0 Å². The summed E-state index contributed by atoms with van der Waals surface area (Å²) in [4.78, 5) is 4.44. The lowest BCUT2D eigenvalue weighted by atomic mass is 9.73. The Hall–Kier alpha value is -1.79. The Kier molecular flexibility index (Phi) is 9.92. The van der Waals surface area contributed by atoms with Crippen molar-refractivity contribution < 1.29 is 14.2 Å². The summed E-state index contributed by atoms with van der Waals surface area (Å²) in [7, 11) is 3.57. The number of methoxy groups -OCH3 is 1. The highest BCUT2D eigenvalue weighted by atomic mass is 16.5. The zero-order valence-corrected chi connectivity index (χ0v) is 19.7. The van der Waals surface area contributed by atoms with Gasteiger partial charge in [-0.15, -0.1) is 0 Å². The smallest absolute Gasteiger partial charge is 0.191 e. The van der Waals surface area contributed by atoms with Crippen LogP contribution in [0.2, 0.25) is 0 Å². The second-order valence-corrected chi connectivity index (χ2v) is 8.48. The van der Waals surface area contributed by atoms with Crippen LogP contribution in [-0.4, -0.2) is 59.1 Å². The minimum Gasteiger partial charge on any atom is -0.496 e. The molecule has 170 valence electrons. The van der Waals surface area contributed by atoms with Crippen molar-refractivity contribution in [1.82, 2.24) is 10.6 Å². The van der Waals surface area contributed by atoms with Crippen molar-refractivity contribution in [3.63, 3.8) is 0 Å². The van der Waals surface area contributed by atoms with Crippen molar-refractivity contribution in [2.24, 2.45) is 10.9 Å². The van der Waals surface area contributed by atoms with E-state index in [1.54, 1.807) is 7.11 Å². The van der Waals surface area contributed by atoms with Crippen molar-refractivity contribution in [2.45, 2.75) is 58.5 Å². The van der Waals surface area contributed by atoms with E-state index in [-0.39, 0.29) is 11.5 Å². The quantitative estimate of drug-likeness (QED) is 0.448. The Balaban J connectivity index is 2.06. The summed E-state index contributed by atoms with van der Waals surface area (Å²) in [5, 5.41) is 7.03. The zero-order valence-electron chi connectivity index (χ0n) is 19.7. The normalized spacial score (nSPS) is 17.6. The first-order valence-electron chi connectivity index (χ1n) is 11.2. The monoisotopic (exact) mass is 419 g/mol. The minimum absolute atomic E-state index is 0.0426. The molecule has 0 spiro atoms. The maximum Gasteiger partial charge on any atom is 0.191 e. The lowest BCUT2D eigenvalue weighted by Gasteiger charge is -2.39. The van der Waals surface area contributed by atoms with Crippen molar-refractivity contribution in [2.75, 3.05) is 47.1 Å². The lowest BCUT2D eigenvalue weighted by Crippen LogP contribution is -2.48. The first kappa shape index (κ1) is 24.5. The van der Waals surface area contributed by atoms with Crippen LogP contribution in [0.5, 0.6) is 5.75 Å².